The van der Waals surface area contributed by atoms with Gasteiger partial charge in [0.15, 0.2) is 0 Å². The zero-order chi connectivity index (χ0) is 18.1. The second kappa shape index (κ2) is 7.03. The Kier molecular flexibility index (Phi) is 4.59. The topological polar surface area (TPSA) is 65.5 Å². The van der Waals surface area contributed by atoms with Crippen LogP contribution < -0.4 is 0 Å². The maximum Gasteiger partial charge on any atom is 0.350 e. The molecular formula is C20H19NO4S. The summed E-state index contributed by atoms with van der Waals surface area (Å²) in [5.74, 6) is -0.0898. The lowest BCUT2D eigenvalue weighted by Crippen LogP contribution is -2.28. The summed E-state index contributed by atoms with van der Waals surface area (Å²) in [6.07, 6.45) is 6.92. The fourth-order valence-corrected chi connectivity index (χ4v) is 4.81. The van der Waals surface area contributed by atoms with Crippen LogP contribution in [-0.4, -0.2) is 23.4 Å². The number of nitrogens with zero attached hydrogens (tertiary/aromatic N) is 1. The van der Waals surface area contributed by atoms with Gasteiger partial charge in [-0.25, -0.2) is 4.79 Å². The van der Waals surface area contributed by atoms with Crippen molar-refractivity contribution in [3.63, 3.8) is 0 Å². The zero-order valence-electron chi connectivity index (χ0n) is 14.3. The molecule has 1 aromatic carbocycles. The molecule has 6 heteroatoms. The standard InChI is InChI=1S/C20H19NO4S/c1-24-20(23)18-15(10-21-26-18)11-25-19(22)17-14-8-7-13(9-14)16(17)12-5-3-2-4-6-12/h2-8,10,13-14,16-17H,9,11H2,1H3. The fraction of sp³-hybridized carbons (Fsp3) is 0.350. The summed E-state index contributed by atoms with van der Waals surface area (Å²) in [4.78, 5) is 25.0. The quantitative estimate of drug-likeness (QED) is 0.595. The number of rotatable bonds is 5. The number of hydrogen-bond acceptors (Lipinski definition) is 6. The highest BCUT2D eigenvalue weighted by molar-refractivity contribution is 7.08. The van der Waals surface area contributed by atoms with Gasteiger partial charge >= 0.3 is 11.9 Å². The lowest BCUT2D eigenvalue weighted by atomic mass is 9.78. The van der Waals surface area contributed by atoms with Crippen molar-refractivity contribution in [3.8, 4) is 0 Å². The van der Waals surface area contributed by atoms with E-state index in [1.807, 2.05) is 18.2 Å². The lowest BCUT2D eigenvalue weighted by molar-refractivity contribution is -0.151. The molecule has 0 N–H and O–H groups in total. The molecule has 1 heterocycles. The van der Waals surface area contributed by atoms with Crippen molar-refractivity contribution < 1.29 is 19.1 Å². The maximum atomic E-state index is 12.9. The Morgan fingerprint density at radius 2 is 1.96 bits per heavy atom. The van der Waals surface area contributed by atoms with Gasteiger partial charge in [0.1, 0.15) is 11.5 Å². The van der Waals surface area contributed by atoms with E-state index in [2.05, 4.69) is 28.7 Å². The number of carbonyl (C=O) groups excluding carboxylic acids is 2. The minimum atomic E-state index is -0.455. The molecule has 2 aliphatic carbocycles. The Bertz CT molecular complexity index is 845. The second-order valence-electron chi connectivity index (χ2n) is 6.69. The van der Waals surface area contributed by atoms with E-state index in [1.54, 1.807) is 6.20 Å². The predicted octanol–water partition coefficient (Wildman–Crippen LogP) is 3.58. The van der Waals surface area contributed by atoms with E-state index in [0.29, 0.717) is 16.4 Å². The fourth-order valence-electron chi connectivity index (χ4n) is 4.14. The van der Waals surface area contributed by atoms with Crippen molar-refractivity contribution in [2.45, 2.75) is 18.9 Å². The minimum Gasteiger partial charge on any atom is -0.465 e. The molecule has 4 unspecified atom stereocenters. The lowest BCUT2D eigenvalue weighted by Gasteiger charge is -2.26. The maximum absolute atomic E-state index is 12.9. The number of hydrogen-bond donors (Lipinski definition) is 0. The summed E-state index contributed by atoms with van der Waals surface area (Å²) >= 11 is 1.05. The Labute approximate surface area is 155 Å². The van der Waals surface area contributed by atoms with E-state index >= 15 is 0 Å². The van der Waals surface area contributed by atoms with Crippen molar-refractivity contribution in [2.24, 2.45) is 17.8 Å². The second-order valence-corrected chi connectivity index (χ2v) is 7.49. The Morgan fingerprint density at radius 3 is 2.73 bits per heavy atom. The molecule has 0 aliphatic heterocycles. The van der Waals surface area contributed by atoms with Crippen LogP contribution in [0.2, 0.25) is 0 Å². The number of ether oxygens (including phenoxy) is 2. The van der Waals surface area contributed by atoms with Gasteiger partial charge in [0, 0.05) is 17.7 Å². The Morgan fingerprint density at radius 1 is 1.19 bits per heavy atom. The molecule has 5 nitrogen and oxygen atoms in total. The van der Waals surface area contributed by atoms with Gasteiger partial charge in [-0.15, -0.1) is 0 Å². The molecule has 0 spiro atoms. The zero-order valence-corrected chi connectivity index (χ0v) is 15.1. The van der Waals surface area contributed by atoms with Crippen molar-refractivity contribution >= 4 is 23.5 Å². The van der Waals surface area contributed by atoms with Crippen LogP contribution in [0.5, 0.6) is 0 Å². The molecule has 1 saturated carbocycles. The number of methoxy groups -OCH3 is 1. The third kappa shape index (κ3) is 2.94. The monoisotopic (exact) mass is 369 g/mol. The number of esters is 2. The average Bonchev–Trinajstić information content (AvgIpc) is 3.41. The van der Waals surface area contributed by atoms with Crippen LogP contribution in [0.1, 0.15) is 33.1 Å². The first kappa shape index (κ1) is 17.0. The highest BCUT2D eigenvalue weighted by Gasteiger charge is 2.49. The highest BCUT2D eigenvalue weighted by atomic mass is 32.1. The molecule has 0 radical (unpaired) electrons. The van der Waals surface area contributed by atoms with Crippen LogP contribution >= 0.6 is 11.5 Å². The van der Waals surface area contributed by atoms with Crippen LogP contribution in [-0.2, 0) is 20.9 Å². The minimum absolute atomic E-state index is 0.0406. The molecule has 1 aromatic heterocycles. The largest absolute Gasteiger partial charge is 0.465 e. The van der Waals surface area contributed by atoms with Crippen molar-refractivity contribution in [3.05, 3.63) is 64.7 Å². The molecular weight excluding hydrogens is 350 g/mol. The van der Waals surface area contributed by atoms with Gasteiger partial charge in [-0.05, 0) is 35.4 Å². The van der Waals surface area contributed by atoms with Gasteiger partial charge in [0.25, 0.3) is 0 Å². The van der Waals surface area contributed by atoms with Gasteiger partial charge in [-0.3, -0.25) is 4.79 Å². The first-order valence-electron chi connectivity index (χ1n) is 8.61. The molecule has 1 fully saturated rings. The molecule has 2 bridgehead atoms. The highest BCUT2D eigenvalue weighted by Crippen LogP contribution is 2.53. The van der Waals surface area contributed by atoms with E-state index in [1.165, 1.54) is 12.7 Å². The molecule has 26 heavy (non-hydrogen) atoms. The molecule has 0 amide bonds. The van der Waals surface area contributed by atoms with Gasteiger partial charge in [-0.1, -0.05) is 42.5 Å². The van der Waals surface area contributed by atoms with Gasteiger partial charge < -0.3 is 9.47 Å². The average molecular weight is 369 g/mol. The third-order valence-electron chi connectivity index (χ3n) is 5.30. The first-order chi connectivity index (χ1) is 12.7. The predicted molar refractivity (Wildman–Crippen MR) is 96.7 cm³/mol. The van der Waals surface area contributed by atoms with Crippen molar-refractivity contribution in [1.82, 2.24) is 4.37 Å². The Hall–Kier alpha value is -2.47. The van der Waals surface area contributed by atoms with Crippen molar-refractivity contribution in [1.29, 1.82) is 0 Å². The summed E-state index contributed by atoms with van der Waals surface area (Å²) in [6.45, 7) is 0.0406. The Balaban J connectivity index is 1.50. The number of carbonyl (C=O) groups is 2. The summed E-state index contributed by atoms with van der Waals surface area (Å²) in [6, 6.07) is 10.2. The number of benzene rings is 1. The van der Waals surface area contributed by atoms with Gasteiger partial charge in [-0.2, -0.15) is 4.37 Å². The van der Waals surface area contributed by atoms with Crippen LogP contribution in [0, 0.1) is 17.8 Å². The number of aromatic nitrogens is 1. The van der Waals surface area contributed by atoms with Crippen LogP contribution in [0.25, 0.3) is 0 Å². The molecule has 0 saturated heterocycles. The van der Waals surface area contributed by atoms with Crippen molar-refractivity contribution in [2.75, 3.05) is 7.11 Å². The van der Waals surface area contributed by atoms with E-state index in [-0.39, 0.29) is 30.3 Å². The molecule has 2 aliphatic rings. The van der Waals surface area contributed by atoms with Crippen LogP contribution in [0.15, 0.2) is 48.7 Å². The smallest absolute Gasteiger partial charge is 0.350 e. The van der Waals surface area contributed by atoms with E-state index in [9.17, 15) is 9.59 Å². The SMILES string of the molecule is COC(=O)c1sncc1COC(=O)C1C2C=CC(C2)C1c1ccccc1. The molecule has 134 valence electrons. The van der Waals surface area contributed by atoms with E-state index < -0.39 is 5.97 Å². The molecule has 2 aromatic rings. The van der Waals surface area contributed by atoms with Gasteiger partial charge in [0.2, 0.25) is 0 Å². The number of fused-ring (bicyclic) bond motifs is 2. The summed E-state index contributed by atoms with van der Waals surface area (Å²) in [7, 11) is 1.32. The summed E-state index contributed by atoms with van der Waals surface area (Å²) in [5.41, 5.74) is 1.77. The molecule has 4 rings (SSSR count). The first-order valence-corrected chi connectivity index (χ1v) is 9.38. The third-order valence-corrected chi connectivity index (χ3v) is 6.12. The summed E-state index contributed by atoms with van der Waals surface area (Å²) < 4.78 is 14.3. The summed E-state index contributed by atoms with van der Waals surface area (Å²) in [5, 5.41) is 0. The van der Waals surface area contributed by atoms with Crippen LogP contribution in [0.4, 0.5) is 0 Å². The van der Waals surface area contributed by atoms with E-state index in [4.69, 9.17) is 9.47 Å². The van der Waals surface area contributed by atoms with E-state index in [0.717, 1.165) is 18.0 Å². The normalized spacial score (nSPS) is 26.0. The van der Waals surface area contributed by atoms with Gasteiger partial charge in [0.05, 0.1) is 13.0 Å². The van der Waals surface area contributed by atoms with Crippen LogP contribution in [0.3, 0.4) is 0 Å². The molecule has 4 atom stereocenters. The number of allylic oxidation sites excluding steroid dienone is 2.